The summed E-state index contributed by atoms with van der Waals surface area (Å²) < 4.78 is 10.8. The van der Waals surface area contributed by atoms with Crippen LogP contribution in [0.1, 0.15) is 43.2 Å². The number of ether oxygens (including phenoxy) is 2. The second-order valence-electron chi connectivity index (χ2n) is 8.76. The molecule has 0 aromatic heterocycles. The lowest BCUT2D eigenvalue weighted by Crippen LogP contribution is -2.41. The molecule has 2 aromatic rings. The number of alkyl carbamates (subject to hydrolysis) is 1. The van der Waals surface area contributed by atoms with Gasteiger partial charge in [0.05, 0.1) is 0 Å². The molecule has 1 aliphatic heterocycles. The Labute approximate surface area is 198 Å². The van der Waals surface area contributed by atoms with Gasteiger partial charge in [0, 0.05) is 37.5 Å². The number of hydrogen-bond acceptors (Lipinski definition) is 5. The summed E-state index contributed by atoms with van der Waals surface area (Å²) in [6.45, 7) is 2.70. The highest BCUT2D eigenvalue weighted by Gasteiger charge is 2.34. The first-order valence-electron chi connectivity index (χ1n) is 11.7. The Balaban J connectivity index is 1.27. The number of hydrogen-bond donors (Lipinski definition) is 3. The SMILES string of the molecule is CCC(CC(=O)NC[C@@H]1CCO[C@@H]1C(=O)O)NC(=O)OCC1c2ccccc2-c2ccccc21. The molecule has 3 N–H and O–H groups in total. The fraction of sp³-hybridized carbons (Fsp3) is 0.423. The van der Waals surface area contributed by atoms with Crippen molar-refractivity contribution in [3.8, 4) is 11.1 Å². The number of amides is 2. The summed E-state index contributed by atoms with van der Waals surface area (Å²) in [6, 6.07) is 15.9. The van der Waals surface area contributed by atoms with Crippen molar-refractivity contribution in [3.63, 3.8) is 0 Å². The molecular formula is C26H30N2O6. The molecule has 0 bridgehead atoms. The maximum absolute atomic E-state index is 12.5. The topological polar surface area (TPSA) is 114 Å². The number of carbonyl (C=O) groups excluding carboxylic acids is 2. The molecule has 1 fully saturated rings. The maximum Gasteiger partial charge on any atom is 0.407 e. The van der Waals surface area contributed by atoms with Gasteiger partial charge in [-0.05, 0) is 35.1 Å². The van der Waals surface area contributed by atoms with Crippen LogP contribution < -0.4 is 10.6 Å². The first kappa shape index (κ1) is 23.8. The fourth-order valence-electron chi connectivity index (χ4n) is 4.76. The van der Waals surface area contributed by atoms with E-state index in [1.807, 2.05) is 31.2 Å². The van der Waals surface area contributed by atoms with Gasteiger partial charge in [-0.2, -0.15) is 0 Å². The van der Waals surface area contributed by atoms with E-state index in [0.29, 0.717) is 19.4 Å². The third kappa shape index (κ3) is 5.22. The summed E-state index contributed by atoms with van der Waals surface area (Å²) in [5.41, 5.74) is 4.60. The largest absolute Gasteiger partial charge is 0.479 e. The van der Waals surface area contributed by atoms with Crippen LogP contribution in [0.25, 0.3) is 11.1 Å². The predicted octanol–water partition coefficient (Wildman–Crippen LogP) is 3.30. The number of rotatable bonds is 9. The van der Waals surface area contributed by atoms with E-state index in [9.17, 15) is 19.5 Å². The van der Waals surface area contributed by atoms with Crippen molar-refractivity contribution in [2.75, 3.05) is 19.8 Å². The van der Waals surface area contributed by atoms with Crippen molar-refractivity contribution in [1.29, 1.82) is 0 Å². The molecule has 2 aliphatic rings. The van der Waals surface area contributed by atoms with Gasteiger partial charge in [-0.1, -0.05) is 55.5 Å². The smallest absolute Gasteiger partial charge is 0.407 e. The van der Waals surface area contributed by atoms with E-state index in [-0.39, 0.29) is 43.4 Å². The first-order valence-corrected chi connectivity index (χ1v) is 11.7. The second kappa shape index (κ2) is 10.7. The van der Waals surface area contributed by atoms with Gasteiger partial charge in [0.1, 0.15) is 6.61 Å². The Kier molecular flexibility index (Phi) is 7.47. The van der Waals surface area contributed by atoms with Crippen LogP contribution in [-0.4, -0.2) is 55.0 Å². The number of carboxylic acids is 1. The highest BCUT2D eigenvalue weighted by Crippen LogP contribution is 2.44. The van der Waals surface area contributed by atoms with E-state index in [4.69, 9.17) is 9.47 Å². The van der Waals surface area contributed by atoms with Crippen LogP contribution in [0.4, 0.5) is 4.79 Å². The summed E-state index contributed by atoms with van der Waals surface area (Å²) in [6.07, 6.45) is -0.210. The summed E-state index contributed by atoms with van der Waals surface area (Å²) in [5.74, 6) is -1.55. The Bertz CT molecular complexity index is 1010. The van der Waals surface area contributed by atoms with Crippen molar-refractivity contribution in [2.24, 2.45) is 5.92 Å². The van der Waals surface area contributed by atoms with Gasteiger partial charge in [0.2, 0.25) is 5.91 Å². The lowest BCUT2D eigenvalue weighted by atomic mass is 9.98. The van der Waals surface area contributed by atoms with Gasteiger partial charge in [-0.15, -0.1) is 0 Å². The van der Waals surface area contributed by atoms with Crippen molar-refractivity contribution in [1.82, 2.24) is 10.6 Å². The quantitative estimate of drug-likeness (QED) is 0.523. The van der Waals surface area contributed by atoms with Crippen LogP contribution in [0.2, 0.25) is 0 Å². The number of benzene rings is 2. The standard InChI is InChI=1S/C26H30N2O6/c1-2-17(13-23(29)27-14-16-11-12-33-24(16)25(30)31)28-26(32)34-15-22-20-9-5-3-7-18(20)19-8-4-6-10-21(19)22/h3-10,16-17,22,24H,2,11-15H2,1H3,(H,27,29)(H,28,32)(H,30,31)/t16-,17?,24-/m0/s1. The third-order valence-electron chi connectivity index (χ3n) is 6.61. The van der Waals surface area contributed by atoms with Crippen LogP contribution in [0, 0.1) is 5.92 Å². The summed E-state index contributed by atoms with van der Waals surface area (Å²) >= 11 is 0. The molecule has 1 aliphatic carbocycles. The molecule has 0 spiro atoms. The molecule has 3 atom stereocenters. The fourth-order valence-corrected chi connectivity index (χ4v) is 4.76. The normalized spacial score (nSPS) is 19.7. The van der Waals surface area contributed by atoms with Crippen LogP contribution in [0.15, 0.2) is 48.5 Å². The van der Waals surface area contributed by atoms with E-state index in [1.54, 1.807) is 0 Å². The van der Waals surface area contributed by atoms with Gasteiger partial charge < -0.3 is 25.2 Å². The van der Waals surface area contributed by atoms with Crippen molar-refractivity contribution >= 4 is 18.0 Å². The van der Waals surface area contributed by atoms with Gasteiger partial charge >= 0.3 is 12.1 Å². The molecular weight excluding hydrogens is 436 g/mol. The summed E-state index contributed by atoms with van der Waals surface area (Å²) in [5, 5.41) is 14.7. The van der Waals surface area contributed by atoms with Crippen LogP contribution in [-0.2, 0) is 19.1 Å². The molecule has 1 heterocycles. The van der Waals surface area contributed by atoms with Gasteiger partial charge in [0.15, 0.2) is 6.10 Å². The van der Waals surface area contributed by atoms with Crippen LogP contribution in [0.5, 0.6) is 0 Å². The minimum atomic E-state index is -1.01. The zero-order chi connectivity index (χ0) is 24.1. The van der Waals surface area contributed by atoms with E-state index in [2.05, 4.69) is 34.9 Å². The second-order valence-corrected chi connectivity index (χ2v) is 8.76. The van der Waals surface area contributed by atoms with E-state index in [1.165, 1.54) is 0 Å². The number of carbonyl (C=O) groups is 3. The zero-order valence-corrected chi connectivity index (χ0v) is 19.2. The Morgan fingerprint density at radius 2 is 1.74 bits per heavy atom. The molecule has 34 heavy (non-hydrogen) atoms. The molecule has 2 amide bonds. The average Bonchev–Trinajstić information content (AvgIpc) is 3.44. The minimum absolute atomic E-state index is 0.0302. The van der Waals surface area contributed by atoms with E-state index >= 15 is 0 Å². The Morgan fingerprint density at radius 3 is 2.35 bits per heavy atom. The minimum Gasteiger partial charge on any atom is -0.479 e. The van der Waals surface area contributed by atoms with Crippen molar-refractivity contribution in [2.45, 2.75) is 44.2 Å². The van der Waals surface area contributed by atoms with Crippen LogP contribution in [0.3, 0.4) is 0 Å². The maximum atomic E-state index is 12.5. The molecule has 0 saturated carbocycles. The molecule has 8 heteroatoms. The zero-order valence-electron chi connectivity index (χ0n) is 19.2. The monoisotopic (exact) mass is 466 g/mol. The molecule has 0 radical (unpaired) electrons. The summed E-state index contributed by atoms with van der Waals surface area (Å²) in [7, 11) is 0. The summed E-state index contributed by atoms with van der Waals surface area (Å²) in [4.78, 5) is 36.1. The molecule has 2 aromatic carbocycles. The number of carboxylic acid groups (broad SMARTS) is 1. The molecule has 8 nitrogen and oxygen atoms in total. The molecule has 4 rings (SSSR count). The lowest BCUT2D eigenvalue weighted by Gasteiger charge is -2.20. The number of fused-ring (bicyclic) bond motifs is 3. The van der Waals surface area contributed by atoms with E-state index < -0.39 is 18.2 Å². The van der Waals surface area contributed by atoms with Crippen molar-refractivity contribution < 1.29 is 29.0 Å². The molecule has 1 saturated heterocycles. The lowest BCUT2D eigenvalue weighted by molar-refractivity contribution is -0.149. The number of nitrogens with one attached hydrogen (secondary N) is 2. The van der Waals surface area contributed by atoms with Crippen LogP contribution >= 0.6 is 0 Å². The molecule has 1 unspecified atom stereocenters. The van der Waals surface area contributed by atoms with Gasteiger partial charge in [-0.3, -0.25) is 4.79 Å². The third-order valence-corrected chi connectivity index (χ3v) is 6.61. The highest BCUT2D eigenvalue weighted by atomic mass is 16.5. The Morgan fingerprint density at radius 1 is 1.09 bits per heavy atom. The molecule has 180 valence electrons. The average molecular weight is 467 g/mol. The predicted molar refractivity (Wildman–Crippen MR) is 125 cm³/mol. The van der Waals surface area contributed by atoms with E-state index in [0.717, 1.165) is 22.3 Å². The Hall–Kier alpha value is -3.39. The number of aliphatic carboxylic acids is 1. The first-order chi connectivity index (χ1) is 16.5. The van der Waals surface area contributed by atoms with Gasteiger partial charge in [-0.25, -0.2) is 9.59 Å². The van der Waals surface area contributed by atoms with Crippen molar-refractivity contribution in [3.05, 3.63) is 59.7 Å². The highest BCUT2D eigenvalue weighted by molar-refractivity contribution is 5.80. The van der Waals surface area contributed by atoms with Gasteiger partial charge in [0.25, 0.3) is 0 Å².